The number of ether oxygens (including phenoxy) is 1. The van der Waals surface area contributed by atoms with Gasteiger partial charge in [-0.25, -0.2) is 0 Å². The lowest BCUT2D eigenvalue weighted by molar-refractivity contribution is -0.127. The van der Waals surface area contributed by atoms with Crippen LogP contribution in [0.5, 0.6) is 0 Å². The predicted octanol–water partition coefficient (Wildman–Crippen LogP) is 2.42. The normalized spacial score (nSPS) is 18.6. The largest absolute Gasteiger partial charge is 0.374 e. The molecule has 1 aliphatic rings. The molecule has 0 radical (unpaired) electrons. The van der Waals surface area contributed by atoms with Crippen molar-refractivity contribution in [1.82, 2.24) is 0 Å². The molecule has 1 saturated carbocycles. The van der Waals surface area contributed by atoms with Crippen LogP contribution in [0, 0.1) is 11.8 Å². The third kappa shape index (κ3) is 4.41. The molecule has 0 spiro atoms. The van der Waals surface area contributed by atoms with Crippen LogP contribution in [0.2, 0.25) is 0 Å². The Morgan fingerprint density at radius 1 is 1.54 bits per heavy atom. The maximum Gasteiger partial charge on any atom is 0.161 e. The van der Waals surface area contributed by atoms with Crippen LogP contribution in [-0.4, -0.2) is 19.0 Å². The highest BCUT2D eigenvalue weighted by Gasteiger charge is 2.20. The molecule has 1 unspecified atom stereocenters. The Labute approximate surface area is 80.7 Å². The minimum Gasteiger partial charge on any atom is -0.374 e. The van der Waals surface area contributed by atoms with Crippen molar-refractivity contribution < 1.29 is 9.53 Å². The van der Waals surface area contributed by atoms with Crippen LogP contribution in [0.1, 0.15) is 39.5 Å². The summed E-state index contributed by atoms with van der Waals surface area (Å²) in [5.41, 5.74) is 0. The Hall–Kier alpha value is -0.370. The number of ketones is 1. The monoisotopic (exact) mass is 184 g/mol. The highest BCUT2D eigenvalue weighted by molar-refractivity contribution is 5.81. The molecule has 13 heavy (non-hydrogen) atoms. The van der Waals surface area contributed by atoms with Crippen molar-refractivity contribution >= 4 is 5.78 Å². The first-order valence-corrected chi connectivity index (χ1v) is 5.34. The molecular weight excluding hydrogens is 164 g/mol. The summed E-state index contributed by atoms with van der Waals surface area (Å²) in [6.45, 7) is 5.09. The smallest absolute Gasteiger partial charge is 0.161 e. The van der Waals surface area contributed by atoms with Crippen LogP contribution in [0.4, 0.5) is 0 Å². The maximum absolute atomic E-state index is 11.3. The molecule has 0 aromatic carbocycles. The molecule has 0 heterocycles. The molecule has 2 nitrogen and oxygen atoms in total. The maximum atomic E-state index is 11.3. The summed E-state index contributed by atoms with van der Waals surface area (Å²) >= 11 is 0. The molecular formula is C11H20O2. The topological polar surface area (TPSA) is 26.3 Å². The third-order valence-corrected chi connectivity index (χ3v) is 2.77. The lowest BCUT2D eigenvalue weighted by Crippen LogP contribution is -2.17. The van der Waals surface area contributed by atoms with E-state index in [1.54, 1.807) is 0 Å². The van der Waals surface area contributed by atoms with Crippen LogP contribution in [0.25, 0.3) is 0 Å². The Bertz CT molecular complexity index is 161. The number of Topliss-reactive ketones (excluding diaryl/α,β-unsaturated/α-hetero) is 1. The van der Waals surface area contributed by atoms with Crippen molar-refractivity contribution in [2.45, 2.75) is 39.5 Å². The van der Waals surface area contributed by atoms with Crippen LogP contribution >= 0.6 is 0 Å². The van der Waals surface area contributed by atoms with E-state index < -0.39 is 0 Å². The predicted molar refractivity (Wildman–Crippen MR) is 52.6 cm³/mol. The van der Waals surface area contributed by atoms with Gasteiger partial charge in [-0.1, -0.05) is 26.7 Å². The second-order valence-corrected chi connectivity index (χ2v) is 4.06. The van der Waals surface area contributed by atoms with Gasteiger partial charge < -0.3 is 4.74 Å². The quantitative estimate of drug-likeness (QED) is 0.568. The van der Waals surface area contributed by atoms with Gasteiger partial charge in [-0.15, -0.1) is 0 Å². The fourth-order valence-electron chi connectivity index (χ4n) is 1.20. The molecule has 0 amide bonds. The van der Waals surface area contributed by atoms with E-state index in [-0.39, 0.29) is 11.7 Å². The van der Waals surface area contributed by atoms with Crippen molar-refractivity contribution in [3.05, 3.63) is 0 Å². The average Bonchev–Trinajstić information content (AvgIpc) is 2.94. The molecule has 76 valence electrons. The van der Waals surface area contributed by atoms with E-state index in [2.05, 4.69) is 0 Å². The molecule has 1 fully saturated rings. The standard InChI is InChI=1S/C11H20O2/c1-3-9(2)11(12)8-13-7-6-10-4-5-10/h9-10H,3-8H2,1-2H3. The number of carbonyl (C=O) groups is 1. The molecule has 0 saturated heterocycles. The molecule has 1 atom stereocenters. The van der Waals surface area contributed by atoms with Gasteiger partial charge in [-0.2, -0.15) is 0 Å². The minimum absolute atomic E-state index is 0.168. The molecule has 0 aromatic heterocycles. The number of hydrogen-bond acceptors (Lipinski definition) is 2. The average molecular weight is 184 g/mol. The minimum atomic E-state index is 0.168. The Morgan fingerprint density at radius 3 is 2.77 bits per heavy atom. The number of rotatable bonds is 7. The lowest BCUT2D eigenvalue weighted by Gasteiger charge is -2.07. The summed E-state index contributed by atoms with van der Waals surface area (Å²) in [5, 5.41) is 0. The molecule has 2 heteroatoms. The number of carbonyl (C=O) groups excluding carboxylic acids is 1. The second kappa shape index (κ2) is 5.38. The van der Waals surface area contributed by atoms with Crippen molar-refractivity contribution in [2.75, 3.05) is 13.2 Å². The summed E-state index contributed by atoms with van der Waals surface area (Å²) in [5.74, 6) is 1.32. The molecule has 0 bridgehead atoms. The summed E-state index contributed by atoms with van der Waals surface area (Å²) in [4.78, 5) is 11.3. The van der Waals surface area contributed by atoms with Gasteiger partial charge in [0, 0.05) is 12.5 Å². The zero-order valence-corrected chi connectivity index (χ0v) is 8.71. The fraction of sp³-hybridized carbons (Fsp3) is 0.909. The van der Waals surface area contributed by atoms with E-state index in [9.17, 15) is 4.79 Å². The van der Waals surface area contributed by atoms with Gasteiger partial charge in [0.05, 0.1) is 0 Å². The highest BCUT2D eigenvalue weighted by atomic mass is 16.5. The van der Waals surface area contributed by atoms with Crippen molar-refractivity contribution in [2.24, 2.45) is 11.8 Å². The van der Waals surface area contributed by atoms with Gasteiger partial charge in [0.15, 0.2) is 5.78 Å². The molecule has 1 rings (SSSR count). The first-order valence-electron chi connectivity index (χ1n) is 5.34. The van der Waals surface area contributed by atoms with Crippen LogP contribution < -0.4 is 0 Å². The zero-order chi connectivity index (χ0) is 9.68. The molecule has 0 aromatic rings. The van der Waals surface area contributed by atoms with Gasteiger partial charge >= 0.3 is 0 Å². The van der Waals surface area contributed by atoms with Gasteiger partial charge in [-0.05, 0) is 18.8 Å². The van der Waals surface area contributed by atoms with Gasteiger partial charge in [0.25, 0.3) is 0 Å². The Morgan fingerprint density at radius 2 is 2.23 bits per heavy atom. The Balaban J connectivity index is 1.94. The van der Waals surface area contributed by atoms with E-state index >= 15 is 0 Å². The van der Waals surface area contributed by atoms with Crippen molar-refractivity contribution in [3.63, 3.8) is 0 Å². The molecule has 1 aliphatic carbocycles. The van der Waals surface area contributed by atoms with E-state index in [0.29, 0.717) is 6.61 Å². The summed E-state index contributed by atoms with van der Waals surface area (Å²) < 4.78 is 5.32. The van der Waals surface area contributed by atoms with Crippen LogP contribution in [-0.2, 0) is 9.53 Å². The summed E-state index contributed by atoms with van der Waals surface area (Å²) in [7, 11) is 0. The zero-order valence-electron chi connectivity index (χ0n) is 8.71. The summed E-state index contributed by atoms with van der Waals surface area (Å²) in [6.07, 6.45) is 4.80. The van der Waals surface area contributed by atoms with E-state index in [1.807, 2.05) is 13.8 Å². The molecule has 0 N–H and O–H groups in total. The first kappa shape index (κ1) is 10.7. The Kier molecular flexibility index (Phi) is 4.43. The van der Waals surface area contributed by atoms with E-state index in [1.165, 1.54) is 12.8 Å². The third-order valence-electron chi connectivity index (χ3n) is 2.77. The SMILES string of the molecule is CCC(C)C(=O)COCCC1CC1. The highest BCUT2D eigenvalue weighted by Crippen LogP contribution is 2.32. The van der Waals surface area contributed by atoms with Crippen LogP contribution in [0.3, 0.4) is 0 Å². The molecule has 0 aliphatic heterocycles. The van der Waals surface area contributed by atoms with E-state index in [0.717, 1.165) is 25.4 Å². The van der Waals surface area contributed by atoms with Gasteiger partial charge in [-0.3, -0.25) is 4.79 Å². The van der Waals surface area contributed by atoms with Crippen LogP contribution in [0.15, 0.2) is 0 Å². The lowest BCUT2D eigenvalue weighted by atomic mass is 10.1. The summed E-state index contributed by atoms with van der Waals surface area (Å²) in [6, 6.07) is 0. The number of hydrogen-bond donors (Lipinski definition) is 0. The van der Waals surface area contributed by atoms with E-state index in [4.69, 9.17) is 4.74 Å². The van der Waals surface area contributed by atoms with Gasteiger partial charge in [0.1, 0.15) is 6.61 Å². The van der Waals surface area contributed by atoms with Crippen molar-refractivity contribution in [1.29, 1.82) is 0 Å². The van der Waals surface area contributed by atoms with Gasteiger partial charge in [0.2, 0.25) is 0 Å². The van der Waals surface area contributed by atoms with Crippen molar-refractivity contribution in [3.8, 4) is 0 Å². The first-order chi connectivity index (χ1) is 6.24. The second-order valence-electron chi connectivity index (χ2n) is 4.06. The fourth-order valence-corrected chi connectivity index (χ4v) is 1.20.